The van der Waals surface area contributed by atoms with Crippen LogP contribution >= 0.6 is 0 Å². The highest BCUT2D eigenvalue weighted by Crippen LogP contribution is 2.50. The third-order valence-electron chi connectivity index (χ3n) is 6.98. The number of aromatic amines is 1. The molecule has 3 N–H and O–H groups in total. The number of hydrogen-bond donors (Lipinski definition) is 3. The number of nitrogens with one attached hydrogen (secondary N) is 3. The molecular weight excluding hydrogens is 449 g/mol. The summed E-state index contributed by atoms with van der Waals surface area (Å²) in [6.45, 7) is 2.80. The van der Waals surface area contributed by atoms with Gasteiger partial charge in [-0.1, -0.05) is 6.07 Å². The first-order valence-corrected chi connectivity index (χ1v) is 11.7. The number of anilines is 2. The Labute approximate surface area is 199 Å². The Morgan fingerprint density at radius 2 is 2.09 bits per heavy atom. The van der Waals surface area contributed by atoms with Gasteiger partial charge in [-0.3, -0.25) is 9.78 Å². The van der Waals surface area contributed by atoms with E-state index in [-0.39, 0.29) is 29.8 Å². The molecule has 4 aromatic rings. The van der Waals surface area contributed by atoms with E-state index in [2.05, 4.69) is 20.6 Å². The Kier molecular flexibility index (Phi) is 4.38. The van der Waals surface area contributed by atoms with Crippen molar-refractivity contribution in [3.05, 3.63) is 65.2 Å². The minimum atomic E-state index is -0.314. The number of amides is 1. The van der Waals surface area contributed by atoms with Crippen LogP contribution in [0.15, 0.2) is 42.6 Å². The third-order valence-corrected chi connectivity index (χ3v) is 6.98. The quantitative estimate of drug-likeness (QED) is 0.404. The number of fused-ring (bicyclic) bond motifs is 4. The van der Waals surface area contributed by atoms with Crippen molar-refractivity contribution in [2.45, 2.75) is 31.4 Å². The molecule has 176 valence electrons. The van der Waals surface area contributed by atoms with E-state index in [4.69, 9.17) is 14.5 Å². The first kappa shape index (κ1) is 20.4. The molecule has 5 heterocycles. The maximum absolute atomic E-state index is 14.3. The zero-order chi connectivity index (χ0) is 23.7. The van der Waals surface area contributed by atoms with E-state index in [0.717, 1.165) is 17.7 Å². The molecule has 2 atom stereocenters. The molecule has 3 aromatic heterocycles. The summed E-state index contributed by atoms with van der Waals surface area (Å²) in [4.78, 5) is 25.9. The zero-order valence-electron chi connectivity index (χ0n) is 18.9. The molecule has 2 fully saturated rings. The maximum Gasteiger partial charge on any atom is 0.255 e. The van der Waals surface area contributed by atoms with E-state index in [1.54, 1.807) is 31.3 Å². The van der Waals surface area contributed by atoms with Crippen LogP contribution < -0.4 is 15.4 Å². The van der Waals surface area contributed by atoms with Crippen molar-refractivity contribution in [1.82, 2.24) is 20.3 Å². The lowest BCUT2D eigenvalue weighted by atomic mass is 10.0. The lowest BCUT2D eigenvalue weighted by Crippen LogP contribution is -2.38. The number of carbonyl (C=O) groups is 1. The molecule has 2 aliphatic heterocycles. The fourth-order valence-corrected chi connectivity index (χ4v) is 4.88. The summed E-state index contributed by atoms with van der Waals surface area (Å²) in [5, 5.41) is 6.43. The Balaban J connectivity index is 1.41. The van der Waals surface area contributed by atoms with Gasteiger partial charge in [-0.25, -0.2) is 9.37 Å². The van der Waals surface area contributed by atoms with Gasteiger partial charge in [-0.2, -0.15) is 0 Å². The van der Waals surface area contributed by atoms with E-state index < -0.39 is 0 Å². The fourth-order valence-electron chi connectivity index (χ4n) is 4.88. The summed E-state index contributed by atoms with van der Waals surface area (Å²) in [5.74, 6) is 0.277. The summed E-state index contributed by atoms with van der Waals surface area (Å²) in [6.07, 6.45) is 2.60. The summed E-state index contributed by atoms with van der Waals surface area (Å²) in [7, 11) is 0. The fraction of sp³-hybridized carbons (Fsp3) is 0.269. The number of benzene rings is 1. The van der Waals surface area contributed by atoms with Crippen molar-refractivity contribution < 1.29 is 18.7 Å². The molecule has 0 bridgehead atoms. The SMILES string of the molecule is Cc1c(F)cccc1Nc1c(-c2ccnc3ccc(OC4COC4)nc23)[nH]c2c1C(=O)N[C@@H]1C[C@H]21. The molecule has 1 aliphatic carbocycles. The molecule has 0 radical (unpaired) electrons. The summed E-state index contributed by atoms with van der Waals surface area (Å²) >= 11 is 0. The Morgan fingerprint density at radius 1 is 1.20 bits per heavy atom. The van der Waals surface area contributed by atoms with Gasteiger partial charge >= 0.3 is 0 Å². The number of halogens is 1. The summed E-state index contributed by atoms with van der Waals surface area (Å²) in [5.41, 5.74) is 5.98. The highest BCUT2D eigenvalue weighted by molar-refractivity contribution is 6.09. The molecule has 1 saturated carbocycles. The number of hydrogen-bond acceptors (Lipinski definition) is 6. The van der Waals surface area contributed by atoms with Crippen molar-refractivity contribution in [3.8, 4) is 17.1 Å². The zero-order valence-corrected chi connectivity index (χ0v) is 18.9. The minimum absolute atomic E-state index is 0.0125. The van der Waals surface area contributed by atoms with Gasteiger partial charge in [0, 0.05) is 46.7 Å². The molecule has 1 amide bonds. The topological polar surface area (TPSA) is 101 Å². The van der Waals surface area contributed by atoms with Gasteiger partial charge in [-0.15, -0.1) is 0 Å². The Hall–Kier alpha value is -3.98. The number of H-pyrrole nitrogens is 1. The first-order valence-electron chi connectivity index (χ1n) is 11.7. The van der Waals surface area contributed by atoms with Gasteiger partial charge in [-0.05, 0) is 37.6 Å². The van der Waals surface area contributed by atoms with Crippen LogP contribution in [0.4, 0.5) is 15.8 Å². The average Bonchev–Trinajstić information content (AvgIpc) is 3.50. The standard InChI is InChI=1S/C26H22FN5O3/c1-12-16(27)3-2-4-17(12)29-25-21-23(15-9-19(15)30-26(21)33)32-24(25)14-7-8-28-18-5-6-20(31-22(14)18)35-13-10-34-11-13/h2-8,13,15,19,29,32H,9-11H2,1H3,(H,30,33)/t15-,19+/m0/s1. The second-order valence-electron chi connectivity index (χ2n) is 9.28. The maximum atomic E-state index is 14.3. The average molecular weight is 471 g/mol. The number of rotatable bonds is 5. The summed E-state index contributed by atoms with van der Waals surface area (Å²) in [6, 6.07) is 10.6. The summed E-state index contributed by atoms with van der Waals surface area (Å²) < 4.78 is 25.5. The van der Waals surface area contributed by atoms with Crippen LogP contribution in [0, 0.1) is 12.7 Å². The lowest BCUT2D eigenvalue weighted by molar-refractivity contribution is -0.0812. The van der Waals surface area contributed by atoms with Crippen molar-refractivity contribution in [1.29, 1.82) is 0 Å². The molecular formula is C26H22FN5O3. The number of nitrogens with zero attached hydrogens (tertiary/aromatic N) is 2. The molecule has 35 heavy (non-hydrogen) atoms. The van der Waals surface area contributed by atoms with Crippen LogP contribution in [0.25, 0.3) is 22.3 Å². The monoisotopic (exact) mass is 471 g/mol. The normalized spacial score (nSPS) is 20.6. The van der Waals surface area contributed by atoms with E-state index >= 15 is 0 Å². The highest BCUT2D eigenvalue weighted by atomic mass is 19.1. The molecule has 1 aromatic carbocycles. The predicted molar refractivity (Wildman–Crippen MR) is 128 cm³/mol. The van der Waals surface area contributed by atoms with Crippen LogP contribution in [-0.2, 0) is 4.74 Å². The molecule has 3 aliphatic rings. The third kappa shape index (κ3) is 3.26. The Bertz CT molecular complexity index is 1510. The second kappa shape index (κ2) is 7.51. The van der Waals surface area contributed by atoms with Crippen LogP contribution in [-0.4, -0.2) is 46.2 Å². The van der Waals surface area contributed by atoms with E-state index in [0.29, 0.717) is 58.3 Å². The Morgan fingerprint density at radius 3 is 2.91 bits per heavy atom. The van der Waals surface area contributed by atoms with Crippen LogP contribution in [0.5, 0.6) is 5.88 Å². The molecule has 7 rings (SSSR count). The number of pyridine rings is 2. The van der Waals surface area contributed by atoms with Crippen molar-refractivity contribution in [2.24, 2.45) is 0 Å². The van der Waals surface area contributed by atoms with Crippen molar-refractivity contribution >= 4 is 28.3 Å². The highest BCUT2D eigenvalue weighted by Gasteiger charge is 2.48. The van der Waals surface area contributed by atoms with E-state index in [9.17, 15) is 9.18 Å². The predicted octanol–water partition coefficient (Wildman–Crippen LogP) is 4.19. The number of carbonyl (C=O) groups excluding carboxylic acids is 1. The van der Waals surface area contributed by atoms with Crippen molar-refractivity contribution in [2.75, 3.05) is 18.5 Å². The smallest absolute Gasteiger partial charge is 0.255 e. The van der Waals surface area contributed by atoms with Gasteiger partial charge in [0.05, 0.1) is 35.7 Å². The minimum Gasteiger partial charge on any atom is -0.469 e. The second-order valence-corrected chi connectivity index (χ2v) is 9.28. The van der Waals surface area contributed by atoms with Gasteiger partial charge in [0.2, 0.25) is 5.88 Å². The van der Waals surface area contributed by atoms with Crippen LogP contribution in [0.3, 0.4) is 0 Å². The van der Waals surface area contributed by atoms with E-state index in [1.165, 1.54) is 6.07 Å². The van der Waals surface area contributed by atoms with Crippen molar-refractivity contribution in [3.63, 3.8) is 0 Å². The molecule has 1 saturated heterocycles. The molecule has 0 unspecified atom stereocenters. The lowest BCUT2D eigenvalue weighted by Gasteiger charge is -2.26. The van der Waals surface area contributed by atoms with Gasteiger partial charge in [0.1, 0.15) is 17.4 Å². The molecule has 8 nitrogen and oxygen atoms in total. The first-order chi connectivity index (χ1) is 17.1. The number of aromatic nitrogens is 3. The molecule has 9 heteroatoms. The largest absolute Gasteiger partial charge is 0.469 e. The van der Waals surface area contributed by atoms with E-state index in [1.807, 2.05) is 12.1 Å². The molecule has 0 spiro atoms. The van der Waals surface area contributed by atoms with Gasteiger partial charge in [0.25, 0.3) is 5.91 Å². The van der Waals surface area contributed by atoms with Gasteiger partial charge < -0.3 is 25.1 Å². The number of ether oxygens (including phenoxy) is 2. The van der Waals surface area contributed by atoms with Crippen LogP contribution in [0.2, 0.25) is 0 Å². The van der Waals surface area contributed by atoms with Gasteiger partial charge in [0.15, 0.2) is 0 Å². The van der Waals surface area contributed by atoms with Crippen LogP contribution in [0.1, 0.15) is 34.0 Å².